The molecule has 2 amide bonds. The second-order valence-corrected chi connectivity index (χ2v) is 8.70. The van der Waals surface area contributed by atoms with Gasteiger partial charge in [0.1, 0.15) is 11.6 Å². The van der Waals surface area contributed by atoms with Gasteiger partial charge in [-0.15, -0.1) is 0 Å². The van der Waals surface area contributed by atoms with Gasteiger partial charge in [-0.25, -0.2) is 0 Å². The van der Waals surface area contributed by atoms with Gasteiger partial charge < -0.3 is 29.7 Å². The predicted molar refractivity (Wildman–Crippen MR) is 137 cm³/mol. The molecule has 0 spiro atoms. The summed E-state index contributed by atoms with van der Waals surface area (Å²) in [6, 6.07) is 14.2. The van der Waals surface area contributed by atoms with Gasteiger partial charge in [-0.05, 0) is 41.8 Å². The molecule has 0 aliphatic carbocycles. The van der Waals surface area contributed by atoms with Gasteiger partial charge in [-0.1, -0.05) is 24.3 Å². The number of nitrogens with two attached hydrogens (primary N) is 1. The number of nitrogens with zero attached hydrogens (tertiary/aromatic N) is 2. The Morgan fingerprint density at radius 2 is 1.73 bits per heavy atom. The van der Waals surface area contributed by atoms with E-state index in [-0.39, 0.29) is 43.2 Å². The molecule has 0 bridgehead atoms. The zero-order chi connectivity index (χ0) is 26.4. The van der Waals surface area contributed by atoms with E-state index in [1.807, 2.05) is 24.3 Å². The number of carbonyl (C=O) groups excluding carboxylic acids is 3. The minimum absolute atomic E-state index is 0.0592. The number of amidine groups is 1. The Bertz CT molecular complexity index is 1200. The van der Waals surface area contributed by atoms with E-state index in [1.165, 1.54) is 7.11 Å². The minimum Gasteiger partial charge on any atom is -0.485 e. The van der Waals surface area contributed by atoms with Crippen LogP contribution < -0.4 is 10.6 Å². The van der Waals surface area contributed by atoms with E-state index in [9.17, 15) is 14.4 Å². The predicted octanol–water partition coefficient (Wildman–Crippen LogP) is 1.71. The number of esters is 1. The number of ether oxygens (including phenoxy) is 3. The first-order chi connectivity index (χ1) is 17.9. The first-order valence-electron chi connectivity index (χ1n) is 12.0. The van der Waals surface area contributed by atoms with Gasteiger partial charge in [0.2, 0.25) is 0 Å². The molecule has 2 heterocycles. The molecule has 10 heteroatoms. The number of benzene rings is 2. The van der Waals surface area contributed by atoms with Crippen LogP contribution in [-0.2, 0) is 35.0 Å². The van der Waals surface area contributed by atoms with Gasteiger partial charge in [0.15, 0.2) is 6.61 Å². The summed E-state index contributed by atoms with van der Waals surface area (Å²) in [6.45, 7) is 1.98. The van der Waals surface area contributed by atoms with E-state index < -0.39 is 0 Å². The molecular weight excluding hydrogens is 476 g/mol. The largest absolute Gasteiger partial charge is 0.485 e. The van der Waals surface area contributed by atoms with Crippen molar-refractivity contribution in [3.63, 3.8) is 0 Å². The highest BCUT2D eigenvalue weighted by atomic mass is 16.5. The van der Waals surface area contributed by atoms with Crippen molar-refractivity contribution in [2.45, 2.75) is 12.8 Å². The first-order valence-corrected chi connectivity index (χ1v) is 12.0. The van der Waals surface area contributed by atoms with Crippen LogP contribution in [0.5, 0.6) is 0 Å². The van der Waals surface area contributed by atoms with E-state index in [0.717, 1.165) is 5.56 Å². The Kier molecular flexibility index (Phi) is 8.19. The molecular formula is C27H30N4O6. The molecule has 0 radical (unpaired) electrons. The summed E-state index contributed by atoms with van der Waals surface area (Å²) < 4.78 is 16.0. The van der Waals surface area contributed by atoms with Gasteiger partial charge in [0.25, 0.3) is 11.8 Å². The third kappa shape index (κ3) is 6.15. The minimum atomic E-state index is -0.287. The van der Waals surface area contributed by atoms with Gasteiger partial charge in [-0.2, -0.15) is 0 Å². The summed E-state index contributed by atoms with van der Waals surface area (Å²) >= 11 is 0. The molecule has 2 aromatic rings. The Morgan fingerprint density at radius 3 is 2.35 bits per heavy atom. The topological polar surface area (TPSA) is 135 Å². The molecule has 0 unspecified atom stereocenters. The van der Waals surface area contributed by atoms with Crippen LogP contribution in [0.15, 0.2) is 54.3 Å². The van der Waals surface area contributed by atoms with Crippen LogP contribution in [0, 0.1) is 5.41 Å². The number of anilines is 1. The van der Waals surface area contributed by atoms with Gasteiger partial charge in [-0.3, -0.25) is 19.8 Å². The van der Waals surface area contributed by atoms with E-state index in [4.69, 9.17) is 25.4 Å². The van der Waals surface area contributed by atoms with Crippen molar-refractivity contribution in [1.82, 2.24) is 4.90 Å². The zero-order valence-electron chi connectivity index (χ0n) is 20.7. The van der Waals surface area contributed by atoms with E-state index in [1.54, 1.807) is 34.1 Å². The molecule has 37 heavy (non-hydrogen) atoms. The Hall–Kier alpha value is -4.18. The summed E-state index contributed by atoms with van der Waals surface area (Å²) in [5.41, 5.74) is 8.70. The fourth-order valence-electron chi connectivity index (χ4n) is 4.22. The van der Waals surface area contributed by atoms with Gasteiger partial charge in [0, 0.05) is 30.8 Å². The average Bonchev–Trinajstić information content (AvgIpc) is 3.26. The highest BCUT2D eigenvalue weighted by Crippen LogP contribution is 2.33. The van der Waals surface area contributed by atoms with Crippen LogP contribution in [0.2, 0.25) is 0 Å². The fourth-order valence-corrected chi connectivity index (χ4v) is 4.22. The maximum Gasteiger partial charge on any atom is 0.305 e. The second-order valence-electron chi connectivity index (χ2n) is 8.70. The molecule has 3 N–H and O–H groups in total. The summed E-state index contributed by atoms with van der Waals surface area (Å²) in [5, 5.41) is 7.59. The van der Waals surface area contributed by atoms with E-state index in [0.29, 0.717) is 60.9 Å². The number of nitrogens with one attached hydrogen (secondary N) is 1. The number of hydrogen-bond donors (Lipinski definition) is 2. The van der Waals surface area contributed by atoms with Crippen molar-refractivity contribution in [1.29, 1.82) is 5.41 Å². The number of morpholine rings is 1. The summed E-state index contributed by atoms with van der Waals surface area (Å²) in [5.74, 6) is -0.359. The van der Waals surface area contributed by atoms with Crippen molar-refractivity contribution >= 4 is 34.9 Å². The SMILES string of the molecule is COC(=O)CCc1ccc(C2=C(OCC(=O)N3CCOCC3)CN(c3ccc(C(=N)N)cc3)C2=O)cc1. The monoisotopic (exact) mass is 506 g/mol. The number of amides is 2. The molecule has 2 aliphatic rings. The molecule has 4 rings (SSSR count). The van der Waals surface area contributed by atoms with Gasteiger partial charge >= 0.3 is 5.97 Å². The number of hydrogen-bond acceptors (Lipinski definition) is 7. The summed E-state index contributed by atoms with van der Waals surface area (Å²) in [6.07, 6.45) is 0.783. The maximum absolute atomic E-state index is 13.6. The third-order valence-corrected chi connectivity index (χ3v) is 6.35. The van der Waals surface area contributed by atoms with Crippen molar-refractivity contribution in [3.8, 4) is 0 Å². The summed E-state index contributed by atoms with van der Waals surface area (Å²) in [7, 11) is 1.36. The van der Waals surface area contributed by atoms with Crippen LogP contribution in [-0.4, -0.2) is 75.1 Å². The molecule has 0 saturated carbocycles. The molecule has 2 aliphatic heterocycles. The Morgan fingerprint density at radius 1 is 1.05 bits per heavy atom. The molecule has 10 nitrogen and oxygen atoms in total. The lowest BCUT2D eigenvalue weighted by Gasteiger charge is -2.26. The van der Waals surface area contributed by atoms with E-state index >= 15 is 0 Å². The zero-order valence-corrected chi connectivity index (χ0v) is 20.7. The van der Waals surface area contributed by atoms with E-state index in [2.05, 4.69) is 0 Å². The van der Waals surface area contributed by atoms with Gasteiger partial charge in [0.05, 0.1) is 32.4 Å². The quantitative estimate of drug-likeness (QED) is 0.300. The van der Waals surface area contributed by atoms with Crippen molar-refractivity contribution in [3.05, 3.63) is 71.0 Å². The van der Waals surface area contributed by atoms with Crippen molar-refractivity contribution in [2.75, 3.05) is 51.5 Å². The smallest absolute Gasteiger partial charge is 0.305 e. The number of rotatable bonds is 9. The lowest BCUT2D eigenvalue weighted by atomic mass is 10.0. The Labute approximate surface area is 215 Å². The standard InChI is InChI=1S/C27H30N4O6/c1-35-24(33)11-4-18-2-5-19(6-3-18)25-22(37-17-23(32)30-12-14-36-15-13-30)16-31(27(25)34)21-9-7-20(8-10-21)26(28)29/h2-3,5-10H,4,11-17H2,1H3,(H3,28,29). The normalized spacial score (nSPS) is 15.6. The molecule has 0 aromatic heterocycles. The highest BCUT2D eigenvalue weighted by Gasteiger charge is 2.34. The van der Waals surface area contributed by atoms with Crippen LogP contribution in [0.3, 0.4) is 0 Å². The van der Waals surface area contributed by atoms with Crippen LogP contribution in [0.4, 0.5) is 5.69 Å². The summed E-state index contributed by atoms with van der Waals surface area (Å²) in [4.78, 5) is 41.0. The fraction of sp³-hybridized carbons (Fsp3) is 0.333. The van der Waals surface area contributed by atoms with Crippen molar-refractivity contribution in [2.24, 2.45) is 5.73 Å². The Balaban J connectivity index is 1.56. The molecule has 1 fully saturated rings. The van der Waals surface area contributed by atoms with Crippen LogP contribution in [0.1, 0.15) is 23.1 Å². The number of carbonyl (C=O) groups is 3. The lowest BCUT2D eigenvalue weighted by Crippen LogP contribution is -2.42. The maximum atomic E-state index is 13.6. The second kappa shape index (κ2) is 11.7. The number of nitrogen functional groups attached to an aromatic ring is 1. The molecule has 1 saturated heterocycles. The number of aryl methyl sites for hydroxylation is 1. The number of methoxy groups -OCH3 is 1. The highest BCUT2D eigenvalue weighted by molar-refractivity contribution is 6.29. The first kappa shape index (κ1) is 25.9. The third-order valence-electron chi connectivity index (χ3n) is 6.35. The van der Waals surface area contributed by atoms with Crippen molar-refractivity contribution < 1.29 is 28.6 Å². The van der Waals surface area contributed by atoms with Crippen LogP contribution in [0.25, 0.3) is 5.57 Å². The molecule has 0 atom stereocenters. The average molecular weight is 507 g/mol. The molecule has 194 valence electrons. The lowest BCUT2D eigenvalue weighted by molar-refractivity contribution is -0.140. The molecule has 2 aromatic carbocycles. The van der Waals surface area contributed by atoms with Crippen LogP contribution >= 0.6 is 0 Å².